The van der Waals surface area contributed by atoms with Crippen LogP contribution in [0.1, 0.15) is 16.7 Å². The maximum absolute atomic E-state index is 13.5. The number of hydrogen-bond donors (Lipinski definition) is 0. The molecule has 1 aliphatic rings. The molecule has 0 atom stereocenters. The number of rotatable bonds is 7. The smallest absolute Gasteiger partial charge is 0.368 e. The Morgan fingerprint density at radius 3 is 2.16 bits per heavy atom. The normalized spacial score (nSPS) is 14.7. The predicted octanol–water partition coefficient (Wildman–Crippen LogP) is 4.69. The summed E-state index contributed by atoms with van der Waals surface area (Å²) in [5, 5.41) is 0. The number of carbonyl (C=O) groups is 1. The van der Waals surface area contributed by atoms with E-state index in [2.05, 4.69) is 0 Å². The van der Waals surface area contributed by atoms with Gasteiger partial charge >= 0.3 is 6.18 Å². The summed E-state index contributed by atoms with van der Waals surface area (Å²) in [6.07, 6.45) is -4.45. The van der Waals surface area contributed by atoms with E-state index in [1.165, 1.54) is 47.4 Å². The van der Waals surface area contributed by atoms with E-state index < -0.39 is 40.0 Å². The van der Waals surface area contributed by atoms with Crippen LogP contribution < -0.4 is 4.90 Å². The number of aryl methyl sites for hydroxylation is 1. The molecule has 1 saturated heterocycles. The van der Waals surface area contributed by atoms with Crippen molar-refractivity contribution in [2.45, 2.75) is 24.5 Å². The Bertz CT molecular complexity index is 1370. The number of sulfonamides is 1. The minimum atomic E-state index is -4.45. The number of carbonyl (C=O) groups excluding carboxylic acids is 1. The van der Waals surface area contributed by atoms with Gasteiger partial charge in [-0.3, -0.25) is 4.79 Å². The Labute approximate surface area is 219 Å². The number of anilines is 1. The Hall–Kier alpha value is -3.44. The first-order valence-electron chi connectivity index (χ1n) is 11.9. The average Bonchev–Trinajstić information content (AvgIpc) is 2.89. The van der Waals surface area contributed by atoms with Gasteiger partial charge in [-0.15, -0.1) is 0 Å². The molecule has 3 aromatic carbocycles. The summed E-state index contributed by atoms with van der Waals surface area (Å²) in [6.45, 7) is 2.32. The topological polar surface area (TPSA) is 60.9 Å². The molecule has 38 heavy (non-hydrogen) atoms. The SMILES string of the molecule is Cc1ccc(S(=O)(=O)N(CC(=O)N2CCN(c3cccc(C(F)(F)F)c3)CC2)Cc2ccc(F)cc2)cc1. The first-order chi connectivity index (χ1) is 17.9. The molecule has 4 rings (SSSR count). The Kier molecular flexibility index (Phi) is 8.08. The highest BCUT2D eigenvalue weighted by atomic mass is 32.2. The van der Waals surface area contributed by atoms with E-state index in [0.717, 1.165) is 22.0 Å². The standard InChI is InChI=1S/C27H27F4N3O3S/c1-20-5-11-25(12-6-20)38(36,37)34(18-21-7-9-23(28)10-8-21)19-26(35)33-15-13-32(14-16-33)24-4-2-3-22(17-24)27(29,30)31/h2-12,17H,13-16,18-19H2,1H3. The van der Waals surface area contributed by atoms with Gasteiger partial charge in [0.25, 0.3) is 0 Å². The zero-order valence-electron chi connectivity index (χ0n) is 20.7. The molecule has 0 N–H and O–H groups in total. The quantitative estimate of drug-likeness (QED) is 0.401. The Balaban J connectivity index is 1.48. The third-order valence-corrected chi connectivity index (χ3v) is 8.22. The molecule has 3 aromatic rings. The molecule has 1 aliphatic heterocycles. The molecule has 0 saturated carbocycles. The van der Waals surface area contributed by atoms with E-state index in [1.54, 1.807) is 23.1 Å². The van der Waals surface area contributed by atoms with Crippen LogP contribution in [-0.4, -0.2) is 56.3 Å². The molecular weight excluding hydrogens is 522 g/mol. The molecule has 0 spiro atoms. The number of alkyl halides is 3. The summed E-state index contributed by atoms with van der Waals surface area (Å²) in [5.41, 5.74) is 1.06. The van der Waals surface area contributed by atoms with Gasteiger partial charge in [0, 0.05) is 38.4 Å². The lowest BCUT2D eigenvalue weighted by molar-refractivity contribution is -0.137. The summed E-state index contributed by atoms with van der Waals surface area (Å²) in [4.78, 5) is 16.5. The van der Waals surface area contributed by atoms with Gasteiger partial charge < -0.3 is 9.80 Å². The summed E-state index contributed by atoms with van der Waals surface area (Å²) < 4.78 is 80.7. The second-order valence-corrected chi connectivity index (χ2v) is 11.1. The molecule has 6 nitrogen and oxygen atoms in total. The lowest BCUT2D eigenvalue weighted by atomic mass is 10.1. The van der Waals surface area contributed by atoms with Gasteiger partial charge in [-0.05, 0) is 55.0 Å². The molecule has 0 aromatic heterocycles. The van der Waals surface area contributed by atoms with Gasteiger partial charge in [0.05, 0.1) is 17.0 Å². The van der Waals surface area contributed by atoms with E-state index in [0.29, 0.717) is 24.3 Å². The fourth-order valence-corrected chi connectivity index (χ4v) is 5.60. The third-order valence-electron chi connectivity index (χ3n) is 6.41. The fraction of sp³-hybridized carbons (Fsp3) is 0.296. The molecule has 1 heterocycles. The predicted molar refractivity (Wildman–Crippen MR) is 135 cm³/mol. The van der Waals surface area contributed by atoms with Gasteiger partial charge in [0.15, 0.2) is 0 Å². The molecular formula is C27H27F4N3O3S. The number of nitrogens with zero attached hydrogens (tertiary/aromatic N) is 3. The largest absolute Gasteiger partial charge is 0.416 e. The summed E-state index contributed by atoms with van der Waals surface area (Å²) >= 11 is 0. The minimum Gasteiger partial charge on any atom is -0.368 e. The minimum absolute atomic E-state index is 0.0346. The van der Waals surface area contributed by atoms with Crippen molar-refractivity contribution < 1.29 is 30.8 Å². The van der Waals surface area contributed by atoms with Crippen molar-refractivity contribution in [3.63, 3.8) is 0 Å². The van der Waals surface area contributed by atoms with Crippen LogP contribution in [0.25, 0.3) is 0 Å². The van der Waals surface area contributed by atoms with Gasteiger partial charge in [-0.1, -0.05) is 35.9 Å². The van der Waals surface area contributed by atoms with Crippen molar-refractivity contribution >= 4 is 21.6 Å². The van der Waals surface area contributed by atoms with E-state index in [9.17, 15) is 30.8 Å². The van der Waals surface area contributed by atoms with Crippen molar-refractivity contribution in [2.75, 3.05) is 37.6 Å². The number of hydrogen-bond acceptors (Lipinski definition) is 4. The van der Waals surface area contributed by atoms with Gasteiger partial charge in [0.2, 0.25) is 15.9 Å². The van der Waals surface area contributed by atoms with E-state index in [1.807, 2.05) is 6.92 Å². The number of benzene rings is 3. The average molecular weight is 550 g/mol. The highest BCUT2D eigenvalue weighted by Crippen LogP contribution is 2.32. The van der Waals surface area contributed by atoms with Gasteiger partial charge in [-0.25, -0.2) is 12.8 Å². The Morgan fingerprint density at radius 1 is 0.921 bits per heavy atom. The zero-order valence-corrected chi connectivity index (χ0v) is 21.5. The molecule has 11 heteroatoms. The maximum Gasteiger partial charge on any atom is 0.416 e. The maximum atomic E-state index is 13.5. The van der Waals surface area contributed by atoms with Crippen LogP contribution in [-0.2, 0) is 27.5 Å². The first kappa shape index (κ1) is 27.6. The number of amides is 1. The van der Waals surface area contributed by atoms with Crippen molar-refractivity contribution in [1.29, 1.82) is 0 Å². The summed E-state index contributed by atoms with van der Waals surface area (Å²) in [7, 11) is -4.06. The van der Waals surface area contributed by atoms with Crippen molar-refractivity contribution in [1.82, 2.24) is 9.21 Å². The number of piperazine rings is 1. The Morgan fingerprint density at radius 2 is 1.55 bits per heavy atom. The molecule has 0 unspecified atom stereocenters. The zero-order chi connectivity index (χ0) is 27.5. The van der Waals surface area contributed by atoms with E-state index in [-0.39, 0.29) is 24.5 Å². The highest BCUT2D eigenvalue weighted by Gasteiger charge is 2.32. The monoisotopic (exact) mass is 549 g/mol. The van der Waals surface area contributed by atoms with Crippen LogP contribution in [0.2, 0.25) is 0 Å². The molecule has 0 aliphatic carbocycles. The first-order valence-corrected chi connectivity index (χ1v) is 13.4. The second-order valence-electron chi connectivity index (χ2n) is 9.13. The molecule has 202 valence electrons. The molecule has 1 amide bonds. The van der Waals surface area contributed by atoms with Crippen molar-refractivity contribution in [2.24, 2.45) is 0 Å². The number of halogens is 4. The van der Waals surface area contributed by atoms with E-state index >= 15 is 0 Å². The van der Waals surface area contributed by atoms with Crippen molar-refractivity contribution in [3.8, 4) is 0 Å². The van der Waals surface area contributed by atoms with Crippen LogP contribution in [0.3, 0.4) is 0 Å². The van der Waals surface area contributed by atoms with Crippen molar-refractivity contribution in [3.05, 3.63) is 95.3 Å². The summed E-state index contributed by atoms with van der Waals surface area (Å²) in [5.74, 6) is -0.886. The third kappa shape index (κ3) is 6.51. The second kappa shape index (κ2) is 11.1. The lowest BCUT2D eigenvalue weighted by Crippen LogP contribution is -2.51. The molecule has 0 radical (unpaired) electrons. The van der Waals surface area contributed by atoms with Gasteiger partial charge in [0.1, 0.15) is 5.82 Å². The molecule has 0 bridgehead atoms. The van der Waals surface area contributed by atoms with Crippen LogP contribution in [0.5, 0.6) is 0 Å². The van der Waals surface area contributed by atoms with Crippen LogP contribution >= 0.6 is 0 Å². The summed E-state index contributed by atoms with van der Waals surface area (Å²) in [6, 6.07) is 16.7. The van der Waals surface area contributed by atoms with Crippen LogP contribution in [0.15, 0.2) is 77.7 Å². The van der Waals surface area contributed by atoms with Crippen LogP contribution in [0.4, 0.5) is 23.2 Å². The van der Waals surface area contributed by atoms with Crippen LogP contribution in [0, 0.1) is 12.7 Å². The lowest BCUT2D eigenvalue weighted by Gasteiger charge is -2.37. The fourth-order valence-electron chi connectivity index (χ4n) is 4.22. The molecule has 1 fully saturated rings. The highest BCUT2D eigenvalue weighted by molar-refractivity contribution is 7.89. The van der Waals surface area contributed by atoms with Gasteiger partial charge in [-0.2, -0.15) is 17.5 Å². The van der Waals surface area contributed by atoms with E-state index in [4.69, 9.17) is 0 Å².